The van der Waals surface area contributed by atoms with Crippen LogP contribution in [0.5, 0.6) is 0 Å². The second-order valence-corrected chi connectivity index (χ2v) is 4.66. The van der Waals surface area contributed by atoms with Gasteiger partial charge >= 0.3 is 0 Å². The van der Waals surface area contributed by atoms with Crippen molar-refractivity contribution in [2.45, 2.75) is 6.10 Å². The molecule has 0 unspecified atom stereocenters. The third-order valence-electron chi connectivity index (χ3n) is 3.20. The van der Waals surface area contributed by atoms with E-state index >= 15 is 0 Å². The van der Waals surface area contributed by atoms with Gasteiger partial charge in [0.2, 0.25) is 0 Å². The van der Waals surface area contributed by atoms with Gasteiger partial charge < -0.3 is 5.11 Å². The lowest BCUT2D eigenvalue weighted by atomic mass is 10.1. The topological polar surface area (TPSA) is 105 Å². The molecule has 0 aliphatic rings. The number of aryl methyl sites for hydroxylation is 1. The molecule has 3 aromatic rings. The summed E-state index contributed by atoms with van der Waals surface area (Å²) in [6.07, 6.45) is 1.70. The summed E-state index contributed by atoms with van der Waals surface area (Å²) in [4.78, 5) is 20.1. The van der Waals surface area contributed by atoms with Crippen LogP contribution < -0.4 is 10.9 Å². The van der Waals surface area contributed by atoms with Gasteiger partial charge in [0.15, 0.2) is 17.6 Å². The largest absolute Gasteiger partial charge is 0.378 e. The summed E-state index contributed by atoms with van der Waals surface area (Å²) in [6, 6.07) is 8.67. The van der Waals surface area contributed by atoms with E-state index in [4.69, 9.17) is 0 Å². The van der Waals surface area contributed by atoms with E-state index in [1.54, 1.807) is 42.2 Å². The first-order valence-electron chi connectivity index (χ1n) is 6.58. The Morgan fingerprint density at radius 3 is 2.82 bits per heavy atom. The molecule has 1 amide bonds. The lowest BCUT2D eigenvalue weighted by Crippen LogP contribution is -2.34. The summed E-state index contributed by atoms with van der Waals surface area (Å²) < 4.78 is 1.60. The molecule has 8 heteroatoms. The van der Waals surface area contributed by atoms with Gasteiger partial charge in [-0.25, -0.2) is 9.97 Å². The quantitative estimate of drug-likeness (QED) is 0.607. The molecular weight excluding hydrogens is 284 g/mol. The third kappa shape index (κ3) is 2.59. The Labute approximate surface area is 125 Å². The van der Waals surface area contributed by atoms with E-state index in [1.807, 2.05) is 6.07 Å². The number of hydrogen-bond donors (Lipinski definition) is 3. The second-order valence-electron chi connectivity index (χ2n) is 4.66. The Bertz CT molecular complexity index is 801. The molecule has 0 saturated carbocycles. The van der Waals surface area contributed by atoms with E-state index in [9.17, 15) is 9.90 Å². The van der Waals surface area contributed by atoms with Gasteiger partial charge in [-0.3, -0.25) is 20.3 Å². The van der Waals surface area contributed by atoms with Gasteiger partial charge in [-0.15, -0.1) is 0 Å². The molecular formula is C14H14N6O2. The lowest BCUT2D eigenvalue weighted by molar-refractivity contribution is -0.129. The monoisotopic (exact) mass is 298 g/mol. The van der Waals surface area contributed by atoms with Gasteiger partial charge in [0.05, 0.1) is 11.6 Å². The van der Waals surface area contributed by atoms with Crippen LogP contribution in [-0.2, 0) is 11.8 Å². The number of hydrogen-bond acceptors (Lipinski definition) is 6. The number of aliphatic hydroxyl groups excluding tert-OH is 1. The maximum Gasteiger partial charge on any atom is 0.271 e. The Hall–Kier alpha value is -3.00. The molecule has 0 aliphatic heterocycles. The van der Waals surface area contributed by atoms with Crippen molar-refractivity contribution in [1.82, 2.24) is 25.2 Å². The molecule has 2 heterocycles. The second kappa shape index (κ2) is 5.78. The Morgan fingerprint density at radius 1 is 1.27 bits per heavy atom. The predicted molar refractivity (Wildman–Crippen MR) is 79.5 cm³/mol. The van der Waals surface area contributed by atoms with Gasteiger partial charge in [-0.1, -0.05) is 30.3 Å². The number of anilines is 1. The molecule has 3 N–H and O–H groups in total. The molecule has 112 valence electrons. The van der Waals surface area contributed by atoms with Gasteiger partial charge in [0, 0.05) is 7.05 Å². The van der Waals surface area contributed by atoms with Crippen molar-refractivity contribution in [3.8, 4) is 0 Å². The molecule has 0 radical (unpaired) electrons. The first kappa shape index (κ1) is 14.0. The van der Waals surface area contributed by atoms with Crippen molar-refractivity contribution in [2.24, 2.45) is 7.05 Å². The number of carbonyl (C=O) groups is 1. The molecule has 0 fully saturated rings. The van der Waals surface area contributed by atoms with Crippen LogP contribution >= 0.6 is 0 Å². The van der Waals surface area contributed by atoms with E-state index < -0.39 is 12.0 Å². The number of hydrazine groups is 1. The first-order chi connectivity index (χ1) is 10.7. The highest BCUT2D eigenvalue weighted by Gasteiger charge is 2.17. The molecule has 1 aromatic carbocycles. The minimum Gasteiger partial charge on any atom is -0.378 e. The van der Waals surface area contributed by atoms with Gasteiger partial charge in [-0.05, 0) is 5.56 Å². The lowest BCUT2D eigenvalue weighted by Gasteiger charge is -2.13. The fourth-order valence-corrected chi connectivity index (χ4v) is 2.04. The van der Waals surface area contributed by atoms with E-state index in [2.05, 4.69) is 25.9 Å². The number of amides is 1. The minimum atomic E-state index is -1.26. The number of aromatic nitrogens is 4. The summed E-state index contributed by atoms with van der Waals surface area (Å²) in [7, 11) is 1.76. The van der Waals surface area contributed by atoms with Crippen LogP contribution in [0.25, 0.3) is 11.0 Å². The number of nitrogens with one attached hydrogen (secondary N) is 2. The molecule has 3 rings (SSSR count). The van der Waals surface area contributed by atoms with Crippen molar-refractivity contribution in [3.05, 3.63) is 48.4 Å². The standard InChI is InChI=1S/C14H14N6O2/c1-20-13-10(7-17-20)12(15-8-16-13)18-19-14(22)11(21)9-5-3-2-4-6-9/h2-8,11,21H,1H3,(H,19,22)(H,15,16,18)/t11-/m0/s1. The predicted octanol–water partition coefficient (Wildman–Crippen LogP) is 0.540. The normalized spacial score (nSPS) is 12.1. The molecule has 0 bridgehead atoms. The maximum atomic E-state index is 12.0. The number of benzene rings is 1. The van der Waals surface area contributed by atoms with Crippen molar-refractivity contribution in [3.63, 3.8) is 0 Å². The minimum absolute atomic E-state index is 0.409. The molecule has 0 aliphatic carbocycles. The van der Waals surface area contributed by atoms with Crippen LogP contribution in [0.1, 0.15) is 11.7 Å². The zero-order chi connectivity index (χ0) is 15.5. The van der Waals surface area contributed by atoms with Crippen LogP contribution in [0.3, 0.4) is 0 Å². The number of nitrogens with zero attached hydrogens (tertiary/aromatic N) is 4. The van der Waals surface area contributed by atoms with Gasteiger partial charge in [0.1, 0.15) is 6.33 Å². The smallest absolute Gasteiger partial charge is 0.271 e. The van der Waals surface area contributed by atoms with E-state index in [-0.39, 0.29) is 0 Å². The van der Waals surface area contributed by atoms with Crippen molar-refractivity contribution in [1.29, 1.82) is 0 Å². The van der Waals surface area contributed by atoms with Gasteiger partial charge in [0.25, 0.3) is 5.91 Å². The SMILES string of the molecule is Cn1ncc2c(NNC(=O)[C@@H](O)c3ccccc3)ncnc21. The van der Waals surface area contributed by atoms with E-state index in [1.165, 1.54) is 6.33 Å². The fourth-order valence-electron chi connectivity index (χ4n) is 2.04. The van der Waals surface area contributed by atoms with Crippen molar-refractivity contribution >= 4 is 22.8 Å². The average molecular weight is 298 g/mol. The molecule has 0 spiro atoms. The third-order valence-corrected chi connectivity index (χ3v) is 3.20. The Morgan fingerprint density at radius 2 is 2.05 bits per heavy atom. The fraction of sp³-hybridized carbons (Fsp3) is 0.143. The molecule has 22 heavy (non-hydrogen) atoms. The van der Waals surface area contributed by atoms with Crippen LogP contribution in [0.15, 0.2) is 42.9 Å². The molecule has 0 saturated heterocycles. The van der Waals surface area contributed by atoms with E-state index in [0.717, 1.165) is 0 Å². The zero-order valence-electron chi connectivity index (χ0n) is 11.8. The molecule has 8 nitrogen and oxygen atoms in total. The highest BCUT2D eigenvalue weighted by molar-refractivity contribution is 5.88. The van der Waals surface area contributed by atoms with E-state index in [0.29, 0.717) is 22.4 Å². The number of carbonyl (C=O) groups excluding carboxylic acids is 1. The van der Waals surface area contributed by atoms with Crippen LogP contribution in [0.2, 0.25) is 0 Å². The van der Waals surface area contributed by atoms with Crippen LogP contribution in [0, 0.1) is 0 Å². The highest BCUT2D eigenvalue weighted by atomic mass is 16.3. The van der Waals surface area contributed by atoms with Crippen LogP contribution in [0.4, 0.5) is 5.82 Å². The van der Waals surface area contributed by atoms with Crippen molar-refractivity contribution < 1.29 is 9.90 Å². The average Bonchev–Trinajstić information content (AvgIpc) is 2.95. The summed E-state index contributed by atoms with van der Waals surface area (Å²) in [5.41, 5.74) is 6.26. The summed E-state index contributed by atoms with van der Waals surface area (Å²) in [5.74, 6) is -0.173. The first-order valence-corrected chi connectivity index (χ1v) is 6.58. The Kier molecular flexibility index (Phi) is 3.67. The number of fused-ring (bicyclic) bond motifs is 1. The van der Waals surface area contributed by atoms with Crippen LogP contribution in [-0.4, -0.2) is 30.8 Å². The maximum absolute atomic E-state index is 12.0. The van der Waals surface area contributed by atoms with Crippen molar-refractivity contribution in [2.75, 3.05) is 5.43 Å². The van der Waals surface area contributed by atoms with Gasteiger partial charge in [-0.2, -0.15) is 5.10 Å². The highest BCUT2D eigenvalue weighted by Crippen LogP contribution is 2.17. The zero-order valence-corrected chi connectivity index (χ0v) is 11.8. The number of rotatable bonds is 4. The summed E-state index contributed by atoms with van der Waals surface area (Å²) >= 11 is 0. The summed E-state index contributed by atoms with van der Waals surface area (Å²) in [6.45, 7) is 0. The summed E-state index contributed by atoms with van der Waals surface area (Å²) in [5, 5.41) is 14.7. The molecule has 1 atom stereocenters. The Balaban J connectivity index is 1.73. The number of aliphatic hydroxyl groups is 1. The molecule has 2 aromatic heterocycles.